The molecule has 1 amide bonds. The first kappa shape index (κ1) is 13.8. The molecule has 0 spiro atoms. The second kappa shape index (κ2) is 6.08. The number of anilines is 1. The molecular formula is C14H22N4OS. The van der Waals surface area contributed by atoms with Gasteiger partial charge < -0.3 is 9.80 Å². The molecule has 1 aromatic rings. The highest BCUT2D eigenvalue weighted by molar-refractivity contribution is 7.09. The molecule has 6 heteroatoms. The number of rotatable bonds is 2. The second-order valence-electron chi connectivity index (χ2n) is 5.77. The molecule has 0 bridgehead atoms. The van der Waals surface area contributed by atoms with Gasteiger partial charge in [-0.25, -0.2) is 4.98 Å². The summed E-state index contributed by atoms with van der Waals surface area (Å²) in [6.45, 7) is 5.34. The summed E-state index contributed by atoms with van der Waals surface area (Å²) >= 11 is 1.46. The fourth-order valence-electron chi connectivity index (χ4n) is 3.14. The molecule has 2 heterocycles. The summed E-state index contributed by atoms with van der Waals surface area (Å²) in [4.78, 5) is 21.2. The zero-order valence-corrected chi connectivity index (χ0v) is 12.9. The van der Waals surface area contributed by atoms with E-state index in [-0.39, 0.29) is 0 Å². The molecule has 0 aromatic carbocycles. The summed E-state index contributed by atoms with van der Waals surface area (Å²) < 4.78 is 4.23. The van der Waals surface area contributed by atoms with Gasteiger partial charge in [0.05, 0.1) is 0 Å². The zero-order valence-electron chi connectivity index (χ0n) is 12.0. The van der Waals surface area contributed by atoms with Crippen LogP contribution >= 0.6 is 11.5 Å². The molecule has 1 saturated heterocycles. The van der Waals surface area contributed by atoms with Crippen molar-refractivity contribution >= 4 is 22.6 Å². The number of piperazine rings is 1. The summed E-state index contributed by atoms with van der Waals surface area (Å²) in [5.74, 6) is 1.52. The highest BCUT2D eigenvalue weighted by atomic mass is 32.1. The normalized spacial score (nSPS) is 21.2. The summed E-state index contributed by atoms with van der Waals surface area (Å²) in [7, 11) is 0. The Labute approximate surface area is 124 Å². The minimum absolute atomic E-state index is 0.291. The first-order valence-electron chi connectivity index (χ1n) is 7.58. The number of hydrogen-bond donors (Lipinski definition) is 0. The molecule has 5 nitrogen and oxygen atoms in total. The van der Waals surface area contributed by atoms with Crippen molar-refractivity contribution in [1.29, 1.82) is 0 Å². The van der Waals surface area contributed by atoms with E-state index in [4.69, 9.17) is 0 Å². The molecule has 0 atom stereocenters. The third-order valence-electron chi connectivity index (χ3n) is 4.33. The topological polar surface area (TPSA) is 49.3 Å². The molecule has 0 radical (unpaired) electrons. The quantitative estimate of drug-likeness (QED) is 0.838. The Hall–Kier alpha value is -1.17. The number of aromatic nitrogens is 2. The van der Waals surface area contributed by atoms with Crippen molar-refractivity contribution in [2.24, 2.45) is 5.92 Å². The highest BCUT2D eigenvalue weighted by Gasteiger charge is 2.29. The minimum atomic E-state index is 0.291. The first-order valence-corrected chi connectivity index (χ1v) is 8.35. The highest BCUT2D eigenvalue weighted by Crippen LogP contribution is 2.26. The van der Waals surface area contributed by atoms with Crippen molar-refractivity contribution in [2.45, 2.75) is 39.0 Å². The van der Waals surface area contributed by atoms with Crippen LogP contribution in [0.4, 0.5) is 5.13 Å². The average molecular weight is 294 g/mol. The van der Waals surface area contributed by atoms with Gasteiger partial charge in [-0.3, -0.25) is 4.79 Å². The summed E-state index contributed by atoms with van der Waals surface area (Å²) in [5.41, 5.74) is 0. The van der Waals surface area contributed by atoms with E-state index in [2.05, 4.69) is 19.2 Å². The van der Waals surface area contributed by atoms with E-state index in [1.165, 1.54) is 30.8 Å². The molecular weight excluding hydrogens is 272 g/mol. The molecule has 0 unspecified atom stereocenters. The van der Waals surface area contributed by atoms with Crippen molar-refractivity contribution in [3.05, 3.63) is 5.82 Å². The lowest BCUT2D eigenvalue weighted by atomic mass is 9.88. The van der Waals surface area contributed by atoms with E-state index < -0.39 is 0 Å². The lowest BCUT2D eigenvalue weighted by molar-refractivity contribution is -0.136. The Morgan fingerprint density at radius 1 is 1.15 bits per heavy atom. The lowest BCUT2D eigenvalue weighted by Crippen LogP contribution is -2.50. The Morgan fingerprint density at radius 2 is 1.85 bits per heavy atom. The number of nitrogens with zero attached hydrogens (tertiary/aromatic N) is 4. The Kier molecular flexibility index (Phi) is 4.19. The maximum Gasteiger partial charge on any atom is 0.225 e. The molecule has 0 N–H and O–H groups in total. The molecule has 20 heavy (non-hydrogen) atoms. The third kappa shape index (κ3) is 2.95. The fourth-order valence-corrected chi connectivity index (χ4v) is 3.87. The van der Waals surface area contributed by atoms with Crippen LogP contribution in [0.3, 0.4) is 0 Å². The lowest BCUT2D eigenvalue weighted by Gasteiger charge is -2.36. The minimum Gasteiger partial charge on any atom is -0.343 e. The predicted molar refractivity (Wildman–Crippen MR) is 80.0 cm³/mol. The van der Waals surface area contributed by atoms with Crippen molar-refractivity contribution in [3.8, 4) is 0 Å². The largest absolute Gasteiger partial charge is 0.343 e. The van der Waals surface area contributed by atoms with Gasteiger partial charge in [0.2, 0.25) is 11.0 Å². The van der Waals surface area contributed by atoms with E-state index in [1.807, 2.05) is 6.92 Å². The Bertz CT molecular complexity index is 461. The predicted octanol–water partition coefficient (Wildman–Crippen LogP) is 2.08. The van der Waals surface area contributed by atoms with Gasteiger partial charge >= 0.3 is 0 Å². The maximum atomic E-state index is 12.5. The van der Waals surface area contributed by atoms with Gasteiger partial charge in [-0.2, -0.15) is 4.37 Å². The molecule has 2 aliphatic rings. The Morgan fingerprint density at radius 3 is 2.45 bits per heavy atom. The SMILES string of the molecule is Cc1nsc(N2CCN(C(=O)C3CCCCC3)CC2)n1. The Balaban J connectivity index is 1.54. The zero-order chi connectivity index (χ0) is 13.9. The van der Waals surface area contributed by atoms with Gasteiger partial charge in [0, 0.05) is 43.6 Å². The van der Waals surface area contributed by atoms with Crippen LogP contribution in [0.1, 0.15) is 37.9 Å². The van der Waals surface area contributed by atoms with Crippen molar-refractivity contribution in [1.82, 2.24) is 14.3 Å². The van der Waals surface area contributed by atoms with Crippen LogP contribution in [-0.2, 0) is 4.79 Å². The molecule has 1 aliphatic heterocycles. The number of hydrogen-bond acceptors (Lipinski definition) is 5. The van der Waals surface area contributed by atoms with Gasteiger partial charge in [0.25, 0.3) is 0 Å². The van der Waals surface area contributed by atoms with Crippen molar-refractivity contribution < 1.29 is 4.79 Å². The van der Waals surface area contributed by atoms with Gasteiger partial charge in [0.15, 0.2) is 0 Å². The van der Waals surface area contributed by atoms with Crippen LogP contribution in [0.15, 0.2) is 0 Å². The third-order valence-corrected chi connectivity index (χ3v) is 5.20. The van der Waals surface area contributed by atoms with Crippen LogP contribution in [0.25, 0.3) is 0 Å². The summed E-state index contributed by atoms with van der Waals surface area (Å²) in [6, 6.07) is 0. The number of aryl methyl sites for hydroxylation is 1. The smallest absolute Gasteiger partial charge is 0.225 e. The molecule has 1 saturated carbocycles. The molecule has 1 aromatic heterocycles. The number of carbonyl (C=O) groups is 1. The van der Waals surface area contributed by atoms with Crippen LogP contribution in [-0.4, -0.2) is 46.3 Å². The first-order chi connectivity index (χ1) is 9.74. The van der Waals surface area contributed by atoms with Crippen LogP contribution in [0, 0.1) is 12.8 Å². The van der Waals surface area contributed by atoms with E-state index in [0.717, 1.165) is 50.0 Å². The molecule has 1 aliphatic carbocycles. The standard InChI is InChI=1S/C14H22N4OS/c1-11-15-14(20-16-11)18-9-7-17(8-10-18)13(19)12-5-3-2-4-6-12/h12H,2-10H2,1H3. The monoisotopic (exact) mass is 294 g/mol. The molecule has 110 valence electrons. The van der Waals surface area contributed by atoms with E-state index >= 15 is 0 Å². The number of carbonyl (C=O) groups excluding carboxylic acids is 1. The van der Waals surface area contributed by atoms with Gasteiger partial charge in [0.1, 0.15) is 5.82 Å². The molecule has 3 rings (SSSR count). The maximum absolute atomic E-state index is 12.5. The average Bonchev–Trinajstić information content (AvgIpc) is 2.94. The van der Waals surface area contributed by atoms with E-state index in [1.54, 1.807) is 0 Å². The van der Waals surface area contributed by atoms with Gasteiger partial charge in [-0.15, -0.1) is 0 Å². The van der Waals surface area contributed by atoms with E-state index in [0.29, 0.717) is 11.8 Å². The van der Waals surface area contributed by atoms with Crippen molar-refractivity contribution in [2.75, 3.05) is 31.1 Å². The van der Waals surface area contributed by atoms with Gasteiger partial charge in [-0.05, 0) is 19.8 Å². The van der Waals surface area contributed by atoms with E-state index in [9.17, 15) is 4.79 Å². The second-order valence-corrected chi connectivity index (χ2v) is 6.50. The van der Waals surface area contributed by atoms with Crippen molar-refractivity contribution in [3.63, 3.8) is 0 Å². The number of amides is 1. The van der Waals surface area contributed by atoms with Gasteiger partial charge in [-0.1, -0.05) is 19.3 Å². The summed E-state index contributed by atoms with van der Waals surface area (Å²) in [5, 5.41) is 0.993. The fraction of sp³-hybridized carbons (Fsp3) is 0.786. The summed E-state index contributed by atoms with van der Waals surface area (Å²) in [6.07, 6.45) is 5.93. The van der Waals surface area contributed by atoms with Crippen LogP contribution < -0.4 is 4.90 Å². The van der Waals surface area contributed by atoms with Crippen LogP contribution in [0.5, 0.6) is 0 Å². The molecule has 2 fully saturated rings. The van der Waals surface area contributed by atoms with Crippen LogP contribution in [0.2, 0.25) is 0 Å².